The summed E-state index contributed by atoms with van der Waals surface area (Å²) < 4.78 is 39.7. The van der Waals surface area contributed by atoms with Crippen molar-refractivity contribution in [3.8, 4) is 0 Å². The van der Waals surface area contributed by atoms with Gasteiger partial charge >= 0.3 is 6.18 Å². The van der Waals surface area contributed by atoms with Gasteiger partial charge in [0.05, 0.1) is 11.3 Å². The summed E-state index contributed by atoms with van der Waals surface area (Å²) in [6.07, 6.45) is -3.24. The molecule has 5 nitrogen and oxygen atoms in total. The van der Waals surface area contributed by atoms with E-state index in [1.54, 1.807) is 24.3 Å². The fourth-order valence-corrected chi connectivity index (χ4v) is 5.02. The molecule has 1 saturated heterocycles. The van der Waals surface area contributed by atoms with Gasteiger partial charge in [-0.25, -0.2) is 4.99 Å². The van der Waals surface area contributed by atoms with Crippen molar-refractivity contribution in [2.75, 3.05) is 11.9 Å². The number of amides is 2. The third-order valence-corrected chi connectivity index (χ3v) is 7.07. The van der Waals surface area contributed by atoms with Gasteiger partial charge in [-0.15, -0.1) is 0 Å². The van der Waals surface area contributed by atoms with Crippen LogP contribution in [0.5, 0.6) is 0 Å². The number of carbonyl (C=O) groups excluding carboxylic acids is 2. The largest absolute Gasteiger partial charge is 0.416 e. The Labute approximate surface area is 221 Å². The van der Waals surface area contributed by atoms with Crippen LogP contribution in [-0.4, -0.2) is 33.7 Å². The van der Waals surface area contributed by atoms with E-state index in [0.717, 1.165) is 29.5 Å². The van der Waals surface area contributed by atoms with Crippen LogP contribution in [0.25, 0.3) is 0 Å². The molecule has 3 aromatic carbocycles. The zero-order valence-electron chi connectivity index (χ0n) is 19.5. The number of hydrogen-bond acceptors (Lipinski definition) is 4. The molecule has 1 atom stereocenters. The van der Waals surface area contributed by atoms with Crippen molar-refractivity contribution in [1.82, 2.24) is 4.90 Å². The molecule has 0 saturated carbocycles. The van der Waals surface area contributed by atoms with E-state index in [2.05, 4.69) is 10.3 Å². The number of thioether (sulfide) groups is 1. The number of carbonyl (C=O) groups is 2. The topological polar surface area (TPSA) is 61.8 Å². The van der Waals surface area contributed by atoms with Gasteiger partial charge < -0.3 is 5.32 Å². The Morgan fingerprint density at radius 3 is 2.49 bits per heavy atom. The summed E-state index contributed by atoms with van der Waals surface area (Å²) in [7, 11) is 0. The molecule has 4 rings (SSSR count). The number of amidine groups is 1. The number of nitrogens with zero attached hydrogens (tertiary/aromatic N) is 2. The molecule has 3 aromatic rings. The van der Waals surface area contributed by atoms with Crippen LogP contribution < -0.4 is 5.32 Å². The minimum atomic E-state index is -4.53. The predicted molar refractivity (Wildman–Crippen MR) is 141 cm³/mol. The van der Waals surface area contributed by atoms with Gasteiger partial charge in [-0.3, -0.25) is 14.5 Å². The lowest BCUT2D eigenvalue weighted by atomic mass is 10.1. The Morgan fingerprint density at radius 2 is 1.78 bits per heavy atom. The molecule has 1 aliphatic rings. The molecule has 0 spiro atoms. The summed E-state index contributed by atoms with van der Waals surface area (Å²) in [6, 6.07) is 20.9. The SMILES string of the molecule is O=C(Nc1ccc(Cl)cc1)C1CC(=O)N(CCCc2ccccc2)C(=Nc2cccc(C(F)(F)F)c2)S1. The maximum atomic E-state index is 13.2. The highest BCUT2D eigenvalue weighted by atomic mass is 35.5. The number of halogens is 4. The number of benzene rings is 3. The first-order chi connectivity index (χ1) is 17.7. The highest BCUT2D eigenvalue weighted by molar-refractivity contribution is 8.15. The van der Waals surface area contributed by atoms with Gasteiger partial charge in [-0.2, -0.15) is 13.2 Å². The van der Waals surface area contributed by atoms with Crippen molar-refractivity contribution >= 4 is 51.7 Å². The third-order valence-electron chi connectivity index (χ3n) is 5.63. The minimum Gasteiger partial charge on any atom is -0.325 e. The van der Waals surface area contributed by atoms with Crippen LogP contribution in [0.15, 0.2) is 83.9 Å². The standard InChI is InChI=1S/C27H23ClF3N3O2S/c28-20-11-13-21(14-12-20)32-25(36)23-17-24(35)34(15-5-8-18-6-2-1-3-7-18)26(37-23)33-22-10-4-9-19(16-22)27(29,30)31/h1-4,6-7,9-14,16,23H,5,8,15,17H2,(H,32,36). The second-order valence-corrected chi connectivity index (χ2v) is 9.99. The average molecular weight is 546 g/mol. The molecule has 1 N–H and O–H groups in total. The lowest BCUT2D eigenvalue weighted by Gasteiger charge is -2.32. The van der Waals surface area contributed by atoms with Crippen molar-refractivity contribution in [1.29, 1.82) is 0 Å². The van der Waals surface area contributed by atoms with Gasteiger partial charge in [0.25, 0.3) is 0 Å². The zero-order chi connectivity index (χ0) is 26.4. The van der Waals surface area contributed by atoms with Crippen LogP contribution in [0.1, 0.15) is 24.0 Å². The lowest BCUT2D eigenvalue weighted by Crippen LogP contribution is -2.45. The molecule has 2 amide bonds. The second kappa shape index (κ2) is 11.8. The molecule has 1 fully saturated rings. The van der Waals surface area contributed by atoms with Crippen LogP contribution in [0.4, 0.5) is 24.5 Å². The summed E-state index contributed by atoms with van der Waals surface area (Å²) >= 11 is 6.96. The van der Waals surface area contributed by atoms with Gasteiger partial charge in [0.1, 0.15) is 5.25 Å². The average Bonchev–Trinajstić information content (AvgIpc) is 2.87. The number of nitrogens with one attached hydrogen (secondary N) is 1. The van der Waals surface area contributed by atoms with Gasteiger partial charge in [0.15, 0.2) is 5.17 Å². The van der Waals surface area contributed by atoms with Crippen molar-refractivity contribution in [2.24, 2.45) is 4.99 Å². The molecule has 1 unspecified atom stereocenters. The number of hydrogen-bond donors (Lipinski definition) is 1. The summed E-state index contributed by atoms with van der Waals surface area (Å²) in [6.45, 7) is 0.323. The van der Waals surface area contributed by atoms with E-state index in [-0.39, 0.29) is 23.2 Å². The van der Waals surface area contributed by atoms with Crippen LogP contribution in [0, 0.1) is 0 Å². The third kappa shape index (κ3) is 7.36. The molecule has 0 aliphatic carbocycles. The van der Waals surface area contributed by atoms with Gasteiger partial charge in [-0.1, -0.05) is 59.8 Å². The number of alkyl halides is 3. The molecule has 37 heavy (non-hydrogen) atoms. The van der Waals surface area contributed by atoms with Crippen molar-refractivity contribution in [3.05, 3.63) is 95.0 Å². The van der Waals surface area contributed by atoms with Crippen molar-refractivity contribution < 1.29 is 22.8 Å². The van der Waals surface area contributed by atoms with E-state index in [0.29, 0.717) is 30.1 Å². The smallest absolute Gasteiger partial charge is 0.325 e. The van der Waals surface area contributed by atoms with Gasteiger partial charge in [0.2, 0.25) is 11.8 Å². The fourth-order valence-electron chi connectivity index (χ4n) is 3.77. The molecule has 0 bridgehead atoms. The van der Waals surface area contributed by atoms with E-state index in [9.17, 15) is 22.8 Å². The van der Waals surface area contributed by atoms with E-state index < -0.39 is 22.9 Å². The number of anilines is 1. The highest BCUT2D eigenvalue weighted by Crippen LogP contribution is 2.34. The predicted octanol–water partition coefficient (Wildman–Crippen LogP) is 6.95. The number of aliphatic imine (C=N–C) groups is 1. The molecule has 0 aromatic heterocycles. The summed E-state index contributed by atoms with van der Waals surface area (Å²) in [5.41, 5.74) is 0.839. The minimum absolute atomic E-state index is 0.0527. The van der Waals surface area contributed by atoms with E-state index in [4.69, 9.17) is 11.6 Å². The molecule has 0 radical (unpaired) electrons. The first-order valence-electron chi connectivity index (χ1n) is 11.5. The van der Waals surface area contributed by atoms with Crippen LogP contribution in [-0.2, 0) is 22.2 Å². The van der Waals surface area contributed by atoms with Gasteiger partial charge in [0, 0.05) is 23.7 Å². The van der Waals surface area contributed by atoms with Crippen molar-refractivity contribution in [2.45, 2.75) is 30.7 Å². The summed E-state index contributed by atoms with van der Waals surface area (Å²) in [4.78, 5) is 31.9. The molecule has 10 heteroatoms. The fraction of sp³-hybridized carbons (Fsp3) is 0.222. The van der Waals surface area contributed by atoms with E-state index >= 15 is 0 Å². The quantitative estimate of drug-likeness (QED) is 0.349. The van der Waals surface area contributed by atoms with Crippen LogP contribution >= 0.6 is 23.4 Å². The Morgan fingerprint density at radius 1 is 1.05 bits per heavy atom. The van der Waals surface area contributed by atoms with E-state index in [1.807, 2.05) is 30.3 Å². The second-order valence-electron chi connectivity index (χ2n) is 8.38. The highest BCUT2D eigenvalue weighted by Gasteiger charge is 2.36. The first-order valence-corrected chi connectivity index (χ1v) is 12.8. The zero-order valence-corrected chi connectivity index (χ0v) is 21.1. The molecular formula is C27H23ClF3N3O2S. The Hall–Kier alpha value is -3.30. The number of rotatable bonds is 7. The van der Waals surface area contributed by atoms with Crippen LogP contribution in [0.2, 0.25) is 5.02 Å². The number of aryl methyl sites for hydroxylation is 1. The molecular weight excluding hydrogens is 523 g/mol. The summed E-state index contributed by atoms with van der Waals surface area (Å²) in [5.74, 6) is -0.713. The van der Waals surface area contributed by atoms with E-state index in [1.165, 1.54) is 17.0 Å². The van der Waals surface area contributed by atoms with Crippen LogP contribution in [0.3, 0.4) is 0 Å². The maximum Gasteiger partial charge on any atom is 0.416 e. The molecule has 192 valence electrons. The molecule has 1 aliphatic heterocycles. The molecule has 1 heterocycles. The first kappa shape index (κ1) is 26.8. The van der Waals surface area contributed by atoms with Crippen molar-refractivity contribution in [3.63, 3.8) is 0 Å². The summed E-state index contributed by atoms with van der Waals surface area (Å²) in [5, 5.41) is 2.68. The Kier molecular flexibility index (Phi) is 8.56. The normalized spacial score (nSPS) is 17.2. The lowest BCUT2D eigenvalue weighted by molar-refractivity contribution is -0.137. The maximum absolute atomic E-state index is 13.2. The Balaban J connectivity index is 1.56. The monoisotopic (exact) mass is 545 g/mol. The van der Waals surface area contributed by atoms with Gasteiger partial charge in [-0.05, 0) is 60.9 Å². The Bertz CT molecular complexity index is 1280.